The summed E-state index contributed by atoms with van der Waals surface area (Å²) in [4.78, 5) is 22.4. The summed E-state index contributed by atoms with van der Waals surface area (Å²) in [5.41, 5.74) is 0. The molecule has 0 rings (SSSR count). The summed E-state index contributed by atoms with van der Waals surface area (Å²) in [6.07, 6.45) is 18.2. The Hall–Kier alpha value is 0.736. The first-order chi connectivity index (χ1) is 12.1. The average molecular weight is 397 g/mol. The van der Waals surface area contributed by atoms with Gasteiger partial charge in [-0.15, -0.1) is 0 Å². The van der Waals surface area contributed by atoms with E-state index in [1.54, 1.807) is 0 Å². The molecule has 0 aliphatic heterocycles. The first-order valence-corrected chi connectivity index (χ1v) is 10.5. The van der Waals surface area contributed by atoms with Crippen LogP contribution in [0.2, 0.25) is 0 Å². The molecule has 0 bridgehead atoms. The number of carbonyl (C=O) groups excluding carboxylic acids is 2. The Morgan fingerprint density at radius 1 is 0.731 bits per heavy atom. The number of rotatable bonds is 17. The van der Waals surface area contributed by atoms with Crippen molar-refractivity contribution in [3.63, 3.8) is 0 Å². The van der Waals surface area contributed by atoms with Gasteiger partial charge in [0.05, 0.1) is 0 Å². The summed E-state index contributed by atoms with van der Waals surface area (Å²) in [5.74, 6) is -1.38. The zero-order chi connectivity index (χ0) is 18.8. The second-order valence-electron chi connectivity index (χ2n) is 7.17. The van der Waals surface area contributed by atoms with Crippen molar-refractivity contribution in [2.45, 2.75) is 123 Å². The molecule has 150 valence electrons. The molecule has 1 N–H and O–H groups in total. The van der Waals surface area contributed by atoms with E-state index < -0.39 is 18.0 Å². The maximum absolute atomic E-state index is 11.3. The van der Waals surface area contributed by atoms with E-state index in [0.717, 1.165) is 19.3 Å². The summed E-state index contributed by atoms with van der Waals surface area (Å²) in [7, 11) is 0. The third kappa shape index (κ3) is 21.0. The van der Waals surface area contributed by atoms with E-state index in [1.165, 1.54) is 84.0 Å². The number of aliphatic hydroxyl groups excluding tert-OH is 1. The van der Waals surface area contributed by atoms with Crippen LogP contribution in [0.15, 0.2) is 0 Å². The van der Waals surface area contributed by atoms with Crippen LogP contribution in [0.25, 0.3) is 0 Å². The summed E-state index contributed by atoms with van der Waals surface area (Å²) in [6.45, 7) is 3.55. The number of esters is 2. The predicted octanol–water partition coefficient (Wildman–Crippen LogP) is 5.05. The van der Waals surface area contributed by atoms with Gasteiger partial charge in [-0.1, -0.05) is 96.8 Å². The summed E-state index contributed by atoms with van der Waals surface area (Å²) in [6, 6.07) is 0. The van der Waals surface area contributed by atoms with Gasteiger partial charge in [0.2, 0.25) is 0 Å². The molecule has 5 heteroatoms. The number of aliphatic hydroxyl groups is 1. The molecular formula is C21H41KO4. The third-order valence-electron chi connectivity index (χ3n) is 4.54. The quantitative estimate of drug-likeness (QED) is 0.162. The second kappa shape index (κ2) is 22.0. The molecule has 0 amide bonds. The van der Waals surface area contributed by atoms with Gasteiger partial charge in [-0.05, 0) is 13.3 Å². The molecule has 0 aromatic heterocycles. The van der Waals surface area contributed by atoms with E-state index in [2.05, 4.69) is 11.7 Å². The van der Waals surface area contributed by atoms with E-state index in [4.69, 9.17) is 5.11 Å². The number of ether oxygens (including phenoxy) is 1. The van der Waals surface area contributed by atoms with Gasteiger partial charge < -0.3 is 9.84 Å². The van der Waals surface area contributed by atoms with Gasteiger partial charge in [-0.2, -0.15) is 0 Å². The van der Waals surface area contributed by atoms with Crippen molar-refractivity contribution in [2.24, 2.45) is 0 Å². The molecular weight excluding hydrogens is 355 g/mol. The van der Waals surface area contributed by atoms with Gasteiger partial charge in [0.25, 0.3) is 0 Å². The SMILES string of the molecule is CCCCCCCCCCCCCCCCCC(=O)OC(=O)C(C)O.[KH]. The van der Waals surface area contributed by atoms with Crippen LogP contribution in [-0.2, 0) is 14.3 Å². The van der Waals surface area contributed by atoms with Gasteiger partial charge in [-0.3, -0.25) is 4.79 Å². The van der Waals surface area contributed by atoms with Crippen LogP contribution in [0.4, 0.5) is 0 Å². The fourth-order valence-electron chi connectivity index (χ4n) is 2.89. The fraction of sp³-hybridized carbons (Fsp3) is 0.905. The average Bonchev–Trinajstić information content (AvgIpc) is 2.58. The number of hydrogen-bond donors (Lipinski definition) is 1. The van der Waals surface area contributed by atoms with Crippen molar-refractivity contribution in [2.75, 3.05) is 0 Å². The summed E-state index contributed by atoms with van der Waals surface area (Å²) in [5, 5.41) is 8.95. The normalized spacial score (nSPS) is 11.7. The van der Waals surface area contributed by atoms with Crippen LogP contribution >= 0.6 is 0 Å². The summed E-state index contributed by atoms with van der Waals surface area (Å²) < 4.78 is 4.50. The number of hydrogen-bond acceptors (Lipinski definition) is 4. The Morgan fingerprint density at radius 3 is 1.42 bits per heavy atom. The van der Waals surface area contributed by atoms with Gasteiger partial charge in [-0.25, -0.2) is 4.79 Å². The van der Waals surface area contributed by atoms with Crippen molar-refractivity contribution in [3.05, 3.63) is 0 Å². The maximum atomic E-state index is 11.3. The molecule has 0 saturated carbocycles. The first kappa shape index (κ1) is 28.9. The van der Waals surface area contributed by atoms with Crippen LogP contribution in [0.1, 0.15) is 117 Å². The van der Waals surface area contributed by atoms with E-state index in [-0.39, 0.29) is 57.8 Å². The van der Waals surface area contributed by atoms with E-state index in [0.29, 0.717) is 0 Å². The van der Waals surface area contributed by atoms with Gasteiger partial charge >= 0.3 is 63.3 Å². The molecule has 0 spiro atoms. The van der Waals surface area contributed by atoms with Crippen molar-refractivity contribution in [1.82, 2.24) is 0 Å². The zero-order valence-electron chi connectivity index (χ0n) is 16.6. The molecule has 0 heterocycles. The van der Waals surface area contributed by atoms with E-state index in [1.807, 2.05) is 0 Å². The molecule has 0 aromatic carbocycles. The van der Waals surface area contributed by atoms with Crippen molar-refractivity contribution >= 4 is 63.3 Å². The van der Waals surface area contributed by atoms with Crippen molar-refractivity contribution in [1.29, 1.82) is 0 Å². The van der Waals surface area contributed by atoms with Gasteiger partial charge in [0, 0.05) is 6.42 Å². The monoisotopic (exact) mass is 396 g/mol. The minimum atomic E-state index is -1.23. The van der Waals surface area contributed by atoms with Crippen LogP contribution < -0.4 is 0 Å². The molecule has 0 radical (unpaired) electrons. The van der Waals surface area contributed by atoms with Gasteiger partial charge in [0.1, 0.15) is 6.10 Å². The minimum absolute atomic E-state index is 0. The van der Waals surface area contributed by atoms with E-state index in [9.17, 15) is 9.59 Å². The molecule has 0 fully saturated rings. The summed E-state index contributed by atoms with van der Waals surface area (Å²) >= 11 is 0. The van der Waals surface area contributed by atoms with Crippen LogP contribution in [0, 0.1) is 0 Å². The first-order valence-electron chi connectivity index (χ1n) is 10.5. The third-order valence-corrected chi connectivity index (χ3v) is 4.54. The van der Waals surface area contributed by atoms with Crippen molar-refractivity contribution in [3.8, 4) is 0 Å². The molecule has 0 aromatic rings. The topological polar surface area (TPSA) is 63.6 Å². The Bertz CT molecular complexity index is 332. The predicted molar refractivity (Wildman–Crippen MR) is 109 cm³/mol. The standard InChI is InChI=1S/C21H40O4.K.H/c1-3-4-5-6-7-8-9-10-11-12-13-14-15-16-17-18-20(23)25-21(24)19(2)22;;/h19,22H,3-18H2,1-2H3;;. The Kier molecular flexibility index (Phi) is 24.5. The molecule has 26 heavy (non-hydrogen) atoms. The number of carbonyl (C=O) groups is 2. The van der Waals surface area contributed by atoms with Crippen LogP contribution in [-0.4, -0.2) is 74.5 Å². The van der Waals surface area contributed by atoms with Crippen LogP contribution in [0.5, 0.6) is 0 Å². The molecule has 0 aliphatic rings. The molecule has 0 saturated heterocycles. The molecule has 0 aliphatic carbocycles. The van der Waals surface area contributed by atoms with Gasteiger partial charge in [0.15, 0.2) is 0 Å². The fourth-order valence-corrected chi connectivity index (χ4v) is 2.89. The Labute approximate surface area is 203 Å². The van der Waals surface area contributed by atoms with E-state index >= 15 is 0 Å². The van der Waals surface area contributed by atoms with Crippen molar-refractivity contribution < 1.29 is 19.4 Å². The molecule has 1 unspecified atom stereocenters. The molecule has 4 nitrogen and oxygen atoms in total. The molecule has 1 atom stereocenters. The van der Waals surface area contributed by atoms with Crippen LogP contribution in [0.3, 0.4) is 0 Å². The number of unbranched alkanes of at least 4 members (excludes halogenated alkanes) is 14. The Balaban J connectivity index is 0. The zero-order valence-corrected chi connectivity index (χ0v) is 16.6. The Morgan fingerprint density at radius 2 is 1.08 bits per heavy atom. The second-order valence-corrected chi connectivity index (χ2v) is 7.17.